The molecule has 0 bridgehead atoms. The molecule has 2 aromatic rings. The van der Waals surface area contributed by atoms with Gasteiger partial charge in [0.2, 0.25) is 0 Å². The summed E-state index contributed by atoms with van der Waals surface area (Å²) in [4.78, 5) is 22.4. The fourth-order valence-corrected chi connectivity index (χ4v) is 1.69. The van der Waals surface area contributed by atoms with Crippen LogP contribution in [-0.4, -0.2) is 22.8 Å². The number of hydrogen-bond acceptors (Lipinski definition) is 3. The van der Waals surface area contributed by atoms with Gasteiger partial charge in [-0.3, -0.25) is 14.2 Å². The molecule has 0 aliphatic heterocycles. The Balaban J connectivity index is 2.73. The number of carbonyl (C=O) groups is 1. The molecule has 1 heterocycles. The Morgan fingerprint density at radius 2 is 2.06 bits per heavy atom. The van der Waals surface area contributed by atoms with Gasteiger partial charge in [0.25, 0.3) is 5.56 Å². The molecule has 0 radical (unpaired) electrons. The molecule has 0 saturated carbocycles. The topological polar surface area (TPSA) is 68.5 Å². The molecular formula is C12H11NO4. The number of aliphatic carboxylic acids is 1. The number of aromatic nitrogens is 1. The maximum absolute atomic E-state index is 11.6. The molecule has 0 aliphatic rings. The minimum absolute atomic E-state index is 0.340. The predicted molar refractivity (Wildman–Crippen MR) is 62.4 cm³/mol. The van der Waals surface area contributed by atoms with Gasteiger partial charge in [0.1, 0.15) is 12.3 Å². The monoisotopic (exact) mass is 233 g/mol. The van der Waals surface area contributed by atoms with Gasteiger partial charge in [0.05, 0.1) is 12.6 Å². The lowest BCUT2D eigenvalue weighted by atomic mass is 10.2. The Hall–Kier alpha value is -2.30. The Kier molecular flexibility index (Phi) is 2.82. The highest BCUT2D eigenvalue weighted by molar-refractivity contribution is 5.81. The minimum atomic E-state index is -1.05. The summed E-state index contributed by atoms with van der Waals surface area (Å²) in [7, 11) is 1.52. The maximum Gasteiger partial charge on any atom is 0.323 e. The zero-order valence-electron chi connectivity index (χ0n) is 9.21. The lowest BCUT2D eigenvalue weighted by Crippen LogP contribution is -2.23. The molecule has 88 valence electrons. The molecule has 0 atom stereocenters. The summed E-state index contributed by atoms with van der Waals surface area (Å²) >= 11 is 0. The predicted octanol–water partition coefficient (Wildman–Crippen LogP) is 1.09. The molecule has 0 aliphatic carbocycles. The highest BCUT2D eigenvalue weighted by Crippen LogP contribution is 2.19. The number of hydrogen-bond donors (Lipinski definition) is 1. The van der Waals surface area contributed by atoms with Crippen LogP contribution in [0.25, 0.3) is 10.9 Å². The van der Waals surface area contributed by atoms with Gasteiger partial charge in [0.15, 0.2) is 0 Å². The number of benzene rings is 1. The van der Waals surface area contributed by atoms with E-state index >= 15 is 0 Å². The van der Waals surface area contributed by atoms with Crippen molar-refractivity contribution in [1.29, 1.82) is 0 Å². The summed E-state index contributed by atoms with van der Waals surface area (Å²) in [6.07, 6.45) is 0. The van der Waals surface area contributed by atoms with Crippen molar-refractivity contribution < 1.29 is 14.6 Å². The van der Waals surface area contributed by atoms with E-state index in [1.807, 2.05) is 0 Å². The molecule has 1 aromatic heterocycles. The van der Waals surface area contributed by atoms with Crippen LogP contribution < -0.4 is 10.3 Å². The molecule has 1 aromatic carbocycles. The number of carboxylic acid groups (broad SMARTS) is 1. The largest absolute Gasteiger partial charge is 0.497 e. The van der Waals surface area contributed by atoms with Gasteiger partial charge in [-0.15, -0.1) is 0 Å². The van der Waals surface area contributed by atoms with Crippen LogP contribution in [0.2, 0.25) is 0 Å². The van der Waals surface area contributed by atoms with Gasteiger partial charge in [-0.2, -0.15) is 0 Å². The van der Waals surface area contributed by atoms with Crippen molar-refractivity contribution in [2.75, 3.05) is 7.11 Å². The fraction of sp³-hybridized carbons (Fsp3) is 0.167. The first kappa shape index (κ1) is 11.2. The Morgan fingerprint density at radius 1 is 1.35 bits per heavy atom. The smallest absolute Gasteiger partial charge is 0.323 e. The van der Waals surface area contributed by atoms with Gasteiger partial charge < -0.3 is 9.84 Å². The van der Waals surface area contributed by atoms with E-state index in [1.54, 1.807) is 24.3 Å². The van der Waals surface area contributed by atoms with E-state index in [4.69, 9.17) is 9.84 Å². The van der Waals surface area contributed by atoms with Crippen molar-refractivity contribution in [3.05, 3.63) is 40.7 Å². The number of nitrogens with zero attached hydrogens (tertiary/aromatic N) is 1. The molecule has 5 heteroatoms. The third-order valence-electron chi connectivity index (χ3n) is 2.49. The van der Waals surface area contributed by atoms with E-state index in [1.165, 1.54) is 17.7 Å². The molecule has 1 N–H and O–H groups in total. The third-order valence-corrected chi connectivity index (χ3v) is 2.49. The molecule has 17 heavy (non-hydrogen) atoms. The Labute approximate surface area is 96.9 Å². The highest BCUT2D eigenvalue weighted by atomic mass is 16.5. The molecule has 5 nitrogen and oxygen atoms in total. The van der Waals surface area contributed by atoms with E-state index < -0.39 is 5.97 Å². The number of carboxylic acids is 1. The van der Waals surface area contributed by atoms with Gasteiger partial charge in [-0.1, -0.05) is 0 Å². The van der Waals surface area contributed by atoms with E-state index in [2.05, 4.69) is 0 Å². The van der Waals surface area contributed by atoms with E-state index in [-0.39, 0.29) is 12.1 Å². The average molecular weight is 233 g/mol. The normalized spacial score (nSPS) is 10.4. The van der Waals surface area contributed by atoms with E-state index in [0.29, 0.717) is 11.3 Å². The first-order chi connectivity index (χ1) is 8.11. The zero-order valence-corrected chi connectivity index (χ0v) is 9.21. The van der Waals surface area contributed by atoms with Crippen LogP contribution in [0.5, 0.6) is 5.75 Å². The van der Waals surface area contributed by atoms with Crippen LogP contribution >= 0.6 is 0 Å². The molecule has 2 rings (SSSR count). The van der Waals surface area contributed by atoms with Crippen molar-refractivity contribution in [1.82, 2.24) is 4.57 Å². The molecule has 0 unspecified atom stereocenters. The number of methoxy groups -OCH3 is 1. The second-order valence-electron chi connectivity index (χ2n) is 3.58. The highest BCUT2D eigenvalue weighted by Gasteiger charge is 2.07. The molecular weight excluding hydrogens is 222 g/mol. The van der Waals surface area contributed by atoms with Crippen LogP contribution in [0.15, 0.2) is 35.1 Å². The summed E-state index contributed by atoms with van der Waals surface area (Å²) in [5.41, 5.74) is 0.215. The number of pyridine rings is 1. The second-order valence-corrected chi connectivity index (χ2v) is 3.58. The summed E-state index contributed by atoms with van der Waals surface area (Å²) in [5, 5.41) is 9.58. The fourth-order valence-electron chi connectivity index (χ4n) is 1.69. The van der Waals surface area contributed by atoms with Crippen LogP contribution in [0.1, 0.15) is 0 Å². The van der Waals surface area contributed by atoms with Crippen molar-refractivity contribution in [3.63, 3.8) is 0 Å². The van der Waals surface area contributed by atoms with E-state index in [9.17, 15) is 9.59 Å². The lowest BCUT2D eigenvalue weighted by molar-refractivity contribution is -0.137. The van der Waals surface area contributed by atoms with Crippen molar-refractivity contribution in [3.8, 4) is 5.75 Å². The average Bonchev–Trinajstić information content (AvgIpc) is 2.32. The molecule has 0 saturated heterocycles. The first-order valence-electron chi connectivity index (χ1n) is 5.01. The van der Waals surface area contributed by atoms with Gasteiger partial charge in [0, 0.05) is 12.1 Å². The standard InChI is InChI=1S/C12H11NO4/c1-17-9-4-2-8-3-5-11(14)13(7-12(15)16)10(8)6-9/h2-6H,7H2,1H3,(H,15,16). The maximum atomic E-state index is 11.6. The Bertz CT molecular complexity index is 630. The SMILES string of the molecule is COc1ccc2ccc(=O)n(CC(=O)O)c2c1. The molecule has 0 fully saturated rings. The number of rotatable bonds is 3. The van der Waals surface area contributed by atoms with Gasteiger partial charge >= 0.3 is 5.97 Å². The second kappa shape index (κ2) is 4.29. The number of ether oxygens (including phenoxy) is 1. The van der Waals surface area contributed by atoms with Crippen molar-refractivity contribution in [2.45, 2.75) is 6.54 Å². The summed E-state index contributed by atoms with van der Waals surface area (Å²) < 4.78 is 6.27. The van der Waals surface area contributed by atoms with Crippen molar-refractivity contribution >= 4 is 16.9 Å². The van der Waals surface area contributed by atoms with Crippen molar-refractivity contribution in [2.24, 2.45) is 0 Å². The van der Waals surface area contributed by atoms with Crippen LogP contribution in [-0.2, 0) is 11.3 Å². The lowest BCUT2D eigenvalue weighted by Gasteiger charge is -2.08. The minimum Gasteiger partial charge on any atom is -0.497 e. The van der Waals surface area contributed by atoms with Crippen LogP contribution in [0.4, 0.5) is 0 Å². The quantitative estimate of drug-likeness (QED) is 0.861. The van der Waals surface area contributed by atoms with Gasteiger partial charge in [-0.25, -0.2) is 0 Å². The summed E-state index contributed by atoms with van der Waals surface area (Å²) in [6, 6.07) is 8.22. The summed E-state index contributed by atoms with van der Waals surface area (Å²) in [6.45, 7) is -0.358. The number of fused-ring (bicyclic) bond motifs is 1. The first-order valence-corrected chi connectivity index (χ1v) is 5.01. The summed E-state index contributed by atoms with van der Waals surface area (Å²) in [5.74, 6) is -0.468. The Morgan fingerprint density at radius 3 is 2.71 bits per heavy atom. The van der Waals surface area contributed by atoms with Crippen LogP contribution in [0.3, 0.4) is 0 Å². The van der Waals surface area contributed by atoms with Crippen LogP contribution in [0, 0.1) is 0 Å². The third kappa shape index (κ3) is 2.13. The van der Waals surface area contributed by atoms with E-state index in [0.717, 1.165) is 5.39 Å². The zero-order chi connectivity index (χ0) is 12.4. The molecule has 0 spiro atoms. The van der Waals surface area contributed by atoms with Gasteiger partial charge in [-0.05, 0) is 23.6 Å². The molecule has 0 amide bonds.